The maximum atomic E-state index is 13.0. The number of aromatic amines is 1. The maximum Gasteiger partial charge on any atom is 0.281 e. The van der Waals surface area contributed by atoms with Gasteiger partial charge in [-0.05, 0) is 38.2 Å². The van der Waals surface area contributed by atoms with E-state index in [0.717, 1.165) is 42.0 Å². The standard InChI is InChI=1S/C20H24ClN5O3S2/c1-4-25(5-2)8-10-29-17-13(3)22-16-7-6-14(12-15(16)17)24-31(27,28)19-18(21)23-20-26(19)9-11-30-20/h6-7,9,11-12,22,24H,4-5,8,10H2,1-3H3. The Morgan fingerprint density at radius 3 is 2.84 bits per heavy atom. The summed E-state index contributed by atoms with van der Waals surface area (Å²) in [6.07, 6.45) is 1.63. The van der Waals surface area contributed by atoms with Crippen LogP contribution >= 0.6 is 22.9 Å². The zero-order valence-electron chi connectivity index (χ0n) is 17.5. The number of fused-ring (bicyclic) bond motifs is 2. The van der Waals surface area contributed by atoms with Crippen LogP contribution in [0.4, 0.5) is 5.69 Å². The minimum Gasteiger partial charge on any atom is -0.490 e. The molecule has 8 nitrogen and oxygen atoms in total. The van der Waals surface area contributed by atoms with E-state index >= 15 is 0 Å². The van der Waals surface area contributed by atoms with E-state index in [1.807, 2.05) is 13.0 Å². The van der Waals surface area contributed by atoms with Gasteiger partial charge < -0.3 is 14.6 Å². The molecule has 3 aromatic heterocycles. The summed E-state index contributed by atoms with van der Waals surface area (Å²) in [5.41, 5.74) is 2.19. The first-order valence-corrected chi connectivity index (χ1v) is 12.7. The van der Waals surface area contributed by atoms with Crippen LogP contribution in [0.1, 0.15) is 19.5 Å². The van der Waals surface area contributed by atoms with Gasteiger partial charge in [-0.2, -0.15) is 8.42 Å². The molecule has 4 rings (SSSR count). The number of hydrogen-bond donors (Lipinski definition) is 2. The van der Waals surface area contributed by atoms with Gasteiger partial charge in [0.2, 0.25) is 0 Å². The number of rotatable bonds is 9. The molecule has 0 fully saturated rings. The van der Waals surface area contributed by atoms with Crippen molar-refractivity contribution in [3.63, 3.8) is 0 Å². The number of thiazole rings is 1. The molecule has 4 aromatic rings. The number of aromatic nitrogens is 3. The van der Waals surface area contributed by atoms with Crippen LogP contribution < -0.4 is 9.46 Å². The zero-order chi connectivity index (χ0) is 22.2. The van der Waals surface area contributed by atoms with Gasteiger partial charge in [-0.15, -0.1) is 11.3 Å². The summed E-state index contributed by atoms with van der Waals surface area (Å²) < 4.78 is 36.2. The van der Waals surface area contributed by atoms with Crippen LogP contribution in [0, 0.1) is 6.92 Å². The third-order valence-corrected chi connectivity index (χ3v) is 7.70. The third-order valence-electron chi connectivity index (χ3n) is 5.16. The Balaban J connectivity index is 1.61. The summed E-state index contributed by atoms with van der Waals surface area (Å²) in [6.45, 7) is 9.48. The van der Waals surface area contributed by atoms with E-state index in [2.05, 4.69) is 33.4 Å². The lowest BCUT2D eigenvalue weighted by Gasteiger charge is -2.18. The normalized spacial score (nSPS) is 12.3. The number of sulfonamides is 1. The highest BCUT2D eigenvalue weighted by Crippen LogP contribution is 2.33. The third kappa shape index (κ3) is 4.25. The molecule has 11 heteroatoms. The monoisotopic (exact) mass is 481 g/mol. The van der Waals surface area contributed by atoms with Gasteiger partial charge in [0.25, 0.3) is 10.0 Å². The number of H-pyrrole nitrogens is 1. The number of aryl methyl sites for hydroxylation is 1. The van der Waals surface area contributed by atoms with E-state index in [9.17, 15) is 8.42 Å². The lowest BCUT2D eigenvalue weighted by atomic mass is 10.2. The van der Waals surface area contributed by atoms with Crippen molar-refractivity contribution in [2.75, 3.05) is 31.0 Å². The van der Waals surface area contributed by atoms with E-state index in [0.29, 0.717) is 17.3 Å². The number of ether oxygens (including phenoxy) is 1. The number of halogens is 1. The molecule has 0 atom stereocenters. The molecule has 0 aliphatic carbocycles. The first kappa shape index (κ1) is 21.9. The van der Waals surface area contributed by atoms with Gasteiger partial charge in [0.1, 0.15) is 12.4 Å². The fourth-order valence-electron chi connectivity index (χ4n) is 3.55. The SMILES string of the molecule is CCN(CC)CCOc1c(C)[nH]c2ccc(NS(=O)(=O)c3c(Cl)nc4sccn34)cc12. The molecule has 0 unspecified atom stereocenters. The van der Waals surface area contributed by atoms with Crippen LogP contribution in [-0.2, 0) is 10.0 Å². The number of hydrogen-bond acceptors (Lipinski definition) is 6. The predicted molar refractivity (Wildman–Crippen MR) is 125 cm³/mol. The minimum absolute atomic E-state index is 0.0571. The van der Waals surface area contributed by atoms with Gasteiger partial charge in [0, 0.05) is 34.7 Å². The van der Waals surface area contributed by atoms with Crippen molar-refractivity contribution < 1.29 is 13.2 Å². The second kappa shape index (κ2) is 8.70. The number of benzene rings is 1. The number of likely N-dealkylation sites (N-methyl/N-ethyl adjacent to an activating group) is 1. The summed E-state index contributed by atoms with van der Waals surface area (Å²) in [6, 6.07) is 5.30. The fraction of sp³-hybridized carbons (Fsp3) is 0.350. The van der Waals surface area contributed by atoms with Crippen LogP contribution in [0.3, 0.4) is 0 Å². The summed E-state index contributed by atoms with van der Waals surface area (Å²) in [7, 11) is -3.94. The van der Waals surface area contributed by atoms with Crippen molar-refractivity contribution in [3.8, 4) is 5.75 Å². The summed E-state index contributed by atoms with van der Waals surface area (Å²) in [4.78, 5) is 10.2. The lowest BCUT2D eigenvalue weighted by molar-refractivity contribution is 0.223. The van der Waals surface area contributed by atoms with E-state index in [1.54, 1.807) is 23.7 Å². The molecule has 0 aliphatic heterocycles. The number of nitrogens with one attached hydrogen (secondary N) is 2. The summed E-state index contributed by atoms with van der Waals surface area (Å²) >= 11 is 7.43. The van der Waals surface area contributed by atoms with Crippen LogP contribution in [-0.4, -0.2) is 53.9 Å². The van der Waals surface area contributed by atoms with Crippen molar-refractivity contribution in [2.45, 2.75) is 25.8 Å². The second-order valence-corrected chi connectivity index (χ2v) is 9.91. The van der Waals surface area contributed by atoms with Gasteiger partial charge in [0.05, 0.1) is 5.69 Å². The molecule has 1 aromatic carbocycles. The molecule has 31 heavy (non-hydrogen) atoms. The fourth-order valence-corrected chi connectivity index (χ4v) is 6.06. The average Bonchev–Trinajstić information content (AvgIpc) is 3.37. The van der Waals surface area contributed by atoms with Crippen molar-refractivity contribution >= 4 is 54.5 Å². The van der Waals surface area contributed by atoms with E-state index < -0.39 is 10.0 Å². The smallest absolute Gasteiger partial charge is 0.281 e. The van der Waals surface area contributed by atoms with Crippen LogP contribution in [0.2, 0.25) is 5.15 Å². The van der Waals surface area contributed by atoms with Crippen molar-refractivity contribution in [2.24, 2.45) is 0 Å². The molecule has 0 bridgehead atoms. The first-order chi connectivity index (χ1) is 14.8. The highest BCUT2D eigenvalue weighted by molar-refractivity contribution is 7.92. The summed E-state index contributed by atoms with van der Waals surface area (Å²) in [5.74, 6) is 0.728. The van der Waals surface area contributed by atoms with Crippen LogP contribution in [0.15, 0.2) is 34.8 Å². The lowest BCUT2D eigenvalue weighted by Crippen LogP contribution is -2.27. The molecule has 3 heterocycles. The number of nitrogens with zero attached hydrogens (tertiary/aromatic N) is 3. The highest BCUT2D eigenvalue weighted by atomic mass is 35.5. The average molecular weight is 482 g/mol. The zero-order valence-corrected chi connectivity index (χ0v) is 19.9. The Hall–Kier alpha value is -2.27. The van der Waals surface area contributed by atoms with Gasteiger partial charge in [-0.25, -0.2) is 4.98 Å². The molecule has 166 valence electrons. The Morgan fingerprint density at radius 1 is 1.32 bits per heavy atom. The molecule has 0 amide bonds. The topological polar surface area (TPSA) is 91.7 Å². The Kier molecular flexibility index (Phi) is 6.16. The first-order valence-electron chi connectivity index (χ1n) is 9.95. The van der Waals surface area contributed by atoms with E-state index in [-0.39, 0.29) is 10.2 Å². The van der Waals surface area contributed by atoms with Crippen molar-refractivity contribution in [1.82, 2.24) is 19.3 Å². The molecule has 0 spiro atoms. The molecule has 2 N–H and O–H groups in total. The highest BCUT2D eigenvalue weighted by Gasteiger charge is 2.25. The van der Waals surface area contributed by atoms with Crippen LogP contribution in [0.5, 0.6) is 5.75 Å². The minimum atomic E-state index is -3.94. The maximum absolute atomic E-state index is 13.0. The quantitative estimate of drug-likeness (QED) is 0.370. The summed E-state index contributed by atoms with van der Waals surface area (Å²) in [5, 5.41) is 2.44. The Bertz CT molecular complexity index is 1320. The Morgan fingerprint density at radius 2 is 2.10 bits per heavy atom. The van der Waals surface area contributed by atoms with Gasteiger partial charge in [0.15, 0.2) is 15.1 Å². The molecular formula is C20H24ClN5O3S2. The predicted octanol–water partition coefficient (Wildman–Crippen LogP) is 4.36. The largest absolute Gasteiger partial charge is 0.490 e. The molecule has 0 saturated carbocycles. The Labute approximate surface area is 189 Å². The van der Waals surface area contributed by atoms with Gasteiger partial charge in [-0.1, -0.05) is 25.4 Å². The van der Waals surface area contributed by atoms with Gasteiger partial charge in [-0.3, -0.25) is 9.12 Å². The van der Waals surface area contributed by atoms with E-state index in [1.165, 1.54) is 15.7 Å². The second-order valence-electron chi connectivity index (χ2n) is 7.08. The van der Waals surface area contributed by atoms with Crippen LogP contribution in [0.25, 0.3) is 15.9 Å². The molecular weight excluding hydrogens is 458 g/mol. The molecule has 0 aliphatic rings. The number of imidazole rings is 1. The van der Waals surface area contributed by atoms with Crippen molar-refractivity contribution in [3.05, 3.63) is 40.6 Å². The van der Waals surface area contributed by atoms with Gasteiger partial charge >= 0.3 is 0 Å². The molecule has 0 radical (unpaired) electrons. The molecule has 0 saturated heterocycles. The van der Waals surface area contributed by atoms with Crippen molar-refractivity contribution in [1.29, 1.82) is 0 Å². The van der Waals surface area contributed by atoms with E-state index in [4.69, 9.17) is 16.3 Å². The number of anilines is 1.